The van der Waals surface area contributed by atoms with Crippen LogP contribution in [0.3, 0.4) is 0 Å². The zero-order valence-corrected chi connectivity index (χ0v) is 11.5. The molecule has 104 valence electrons. The van der Waals surface area contributed by atoms with Crippen molar-refractivity contribution < 1.29 is 9.53 Å². The smallest absolute Gasteiger partial charge is 0.318 e. The molecule has 5 nitrogen and oxygen atoms in total. The fraction of sp³-hybridized carbons (Fsp3) is 0.500. The molecule has 19 heavy (non-hydrogen) atoms. The van der Waals surface area contributed by atoms with Crippen molar-refractivity contribution in [1.29, 1.82) is 0 Å². The summed E-state index contributed by atoms with van der Waals surface area (Å²) in [6.45, 7) is 3.85. The third-order valence-electron chi connectivity index (χ3n) is 3.47. The number of hydrogen-bond acceptors (Lipinski definition) is 3. The molecule has 1 aromatic carbocycles. The Morgan fingerprint density at radius 1 is 1.53 bits per heavy atom. The van der Waals surface area contributed by atoms with Gasteiger partial charge in [0.1, 0.15) is 5.75 Å². The van der Waals surface area contributed by atoms with Crippen LogP contribution in [0, 0.1) is 0 Å². The van der Waals surface area contributed by atoms with E-state index in [4.69, 9.17) is 10.5 Å². The lowest BCUT2D eigenvalue weighted by molar-refractivity contribution is 0.218. The lowest BCUT2D eigenvalue weighted by Crippen LogP contribution is -2.32. The Hall–Kier alpha value is -1.75. The monoisotopic (exact) mass is 263 g/mol. The van der Waals surface area contributed by atoms with E-state index in [0.717, 1.165) is 23.3 Å². The van der Waals surface area contributed by atoms with Gasteiger partial charge in [-0.25, -0.2) is 4.79 Å². The van der Waals surface area contributed by atoms with Gasteiger partial charge < -0.3 is 20.7 Å². The van der Waals surface area contributed by atoms with E-state index in [-0.39, 0.29) is 12.1 Å². The van der Waals surface area contributed by atoms with Crippen molar-refractivity contribution in [2.75, 3.05) is 26.7 Å². The molecule has 0 saturated carbocycles. The zero-order chi connectivity index (χ0) is 13.8. The van der Waals surface area contributed by atoms with Crippen molar-refractivity contribution >= 4 is 6.03 Å². The maximum Gasteiger partial charge on any atom is 0.318 e. The molecule has 1 atom stereocenters. The Balaban J connectivity index is 2.17. The SMILES string of the molecule is CCc1cc(C2CN(CCN)C(=O)N2)ccc1OC. The fourth-order valence-corrected chi connectivity index (χ4v) is 2.42. The molecule has 1 aliphatic rings. The summed E-state index contributed by atoms with van der Waals surface area (Å²) in [6, 6.07) is 6.08. The molecule has 2 rings (SSSR count). The van der Waals surface area contributed by atoms with Crippen LogP contribution in [0.1, 0.15) is 24.1 Å². The number of carbonyl (C=O) groups is 1. The average molecular weight is 263 g/mol. The number of nitrogens with one attached hydrogen (secondary N) is 1. The van der Waals surface area contributed by atoms with E-state index in [1.54, 1.807) is 12.0 Å². The van der Waals surface area contributed by atoms with E-state index in [2.05, 4.69) is 18.3 Å². The number of hydrogen-bond donors (Lipinski definition) is 2. The van der Waals surface area contributed by atoms with E-state index in [1.807, 2.05) is 12.1 Å². The number of nitrogens with zero attached hydrogens (tertiary/aromatic N) is 1. The van der Waals surface area contributed by atoms with Gasteiger partial charge in [0.25, 0.3) is 0 Å². The maximum absolute atomic E-state index is 11.8. The molecule has 5 heteroatoms. The normalized spacial score (nSPS) is 18.6. The summed E-state index contributed by atoms with van der Waals surface area (Å²) in [5, 5.41) is 2.98. The molecule has 1 fully saturated rings. The number of amides is 2. The summed E-state index contributed by atoms with van der Waals surface area (Å²) in [5.41, 5.74) is 7.78. The first-order chi connectivity index (χ1) is 9.19. The van der Waals surface area contributed by atoms with E-state index in [9.17, 15) is 4.79 Å². The molecule has 2 amide bonds. The predicted octanol–water partition coefficient (Wildman–Crippen LogP) is 1.28. The van der Waals surface area contributed by atoms with Crippen molar-refractivity contribution in [1.82, 2.24) is 10.2 Å². The first-order valence-electron chi connectivity index (χ1n) is 6.62. The van der Waals surface area contributed by atoms with Gasteiger partial charge in [0.15, 0.2) is 0 Å². The standard InChI is InChI=1S/C14H21N3O2/c1-3-10-8-11(4-5-13(10)19-2)12-9-17(7-6-15)14(18)16-12/h4-5,8,12H,3,6-7,9,15H2,1-2H3,(H,16,18). The van der Waals surface area contributed by atoms with Crippen molar-refractivity contribution in [3.8, 4) is 5.75 Å². The molecule has 1 unspecified atom stereocenters. The summed E-state index contributed by atoms with van der Waals surface area (Å²) in [6.07, 6.45) is 0.907. The molecule has 1 saturated heterocycles. The molecule has 0 spiro atoms. The first kappa shape index (κ1) is 13.7. The number of benzene rings is 1. The van der Waals surface area contributed by atoms with Crippen LogP contribution < -0.4 is 15.8 Å². The summed E-state index contributed by atoms with van der Waals surface area (Å²) >= 11 is 0. The second kappa shape index (κ2) is 5.93. The zero-order valence-electron chi connectivity index (χ0n) is 11.5. The number of urea groups is 1. The van der Waals surface area contributed by atoms with Gasteiger partial charge in [0.2, 0.25) is 0 Å². The van der Waals surface area contributed by atoms with Crippen LogP contribution in [0.15, 0.2) is 18.2 Å². The van der Waals surface area contributed by atoms with Crippen LogP contribution in [-0.2, 0) is 6.42 Å². The van der Waals surface area contributed by atoms with Crippen molar-refractivity contribution in [2.45, 2.75) is 19.4 Å². The minimum absolute atomic E-state index is 0.0373. The number of nitrogens with two attached hydrogens (primary N) is 1. The minimum atomic E-state index is -0.0377. The van der Waals surface area contributed by atoms with Crippen LogP contribution >= 0.6 is 0 Å². The molecule has 0 aliphatic carbocycles. The molecule has 3 N–H and O–H groups in total. The highest BCUT2D eigenvalue weighted by Crippen LogP contribution is 2.26. The Morgan fingerprint density at radius 2 is 2.32 bits per heavy atom. The summed E-state index contributed by atoms with van der Waals surface area (Å²) < 4.78 is 5.32. The summed E-state index contributed by atoms with van der Waals surface area (Å²) in [4.78, 5) is 13.5. The highest BCUT2D eigenvalue weighted by atomic mass is 16.5. The highest BCUT2D eigenvalue weighted by molar-refractivity contribution is 5.77. The van der Waals surface area contributed by atoms with Gasteiger partial charge in [-0.15, -0.1) is 0 Å². The topological polar surface area (TPSA) is 67.6 Å². The molecule has 0 aromatic heterocycles. The molecule has 0 bridgehead atoms. The lowest BCUT2D eigenvalue weighted by Gasteiger charge is -2.15. The third kappa shape index (κ3) is 2.81. The molecular formula is C14H21N3O2. The van der Waals surface area contributed by atoms with Crippen LogP contribution in [0.4, 0.5) is 4.79 Å². The van der Waals surface area contributed by atoms with Crippen LogP contribution in [-0.4, -0.2) is 37.7 Å². The summed E-state index contributed by atoms with van der Waals surface area (Å²) in [5.74, 6) is 0.898. The third-order valence-corrected chi connectivity index (χ3v) is 3.47. The quantitative estimate of drug-likeness (QED) is 0.841. The van der Waals surface area contributed by atoms with Gasteiger partial charge in [-0.3, -0.25) is 0 Å². The average Bonchev–Trinajstić information content (AvgIpc) is 2.80. The van der Waals surface area contributed by atoms with E-state index < -0.39 is 0 Å². The maximum atomic E-state index is 11.8. The number of methoxy groups -OCH3 is 1. The lowest BCUT2D eigenvalue weighted by atomic mass is 10.0. The van der Waals surface area contributed by atoms with Crippen LogP contribution in [0.25, 0.3) is 0 Å². The Bertz CT molecular complexity index is 462. The van der Waals surface area contributed by atoms with E-state index in [0.29, 0.717) is 19.6 Å². The number of rotatable bonds is 5. The first-order valence-corrected chi connectivity index (χ1v) is 6.62. The molecule has 1 aromatic rings. The van der Waals surface area contributed by atoms with E-state index in [1.165, 1.54) is 0 Å². The Kier molecular flexibility index (Phi) is 4.27. The molecular weight excluding hydrogens is 242 g/mol. The van der Waals surface area contributed by atoms with Crippen molar-refractivity contribution in [3.05, 3.63) is 29.3 Å². The summed E-state index contributed by atoms with van der Waals surface area (Å²) in [7, 11) is 1.68. The van der Waals surface area contributed by atoms with Gasteiger partial charge in [0, 0.05) is 19.6 Å². The minimum Gasteiger partial charge on any atom is -0.496 e. The largest absolute Gasteiger partial charge is 0.496 e. The van der Waals surface area contributed by atoms with Gasteiger partial charge in [-0.05, 0) is 29.7 Å². The Labute approximate surface area is 113 Å². The van der Waals surface area contributed by atoms with Crippen molar-refractivity contribution in [3.63, 3.8) is 0 Å². The van der Waals surface area contributed by atoms with Gasteiger partial charge in [-0.2, -0.15) is 0 Å². The Morgan fingerprint density at radius 3 is 2.95 bits per heavy atom. The van der Waals surface area contributed by atoms with E-state index >= 15 is 0 Å². The fourth-order valence-electron chi connectivity index (χ4n) is 2.42. The molecule has 1 heterocycles. The van der Waals surface area contributed by atoms with Gasteiger partial charge >= 0.3 is 6.03 Å². The van der Waals surface area contributed by atoms with Crippen molar-refractivity contribution in [2.24, 2.45) is 5.73 Å². The second-order valence-electron chi connectivity index (χ2n) is 4.66. The second-order valence-corrected chi connectivity index (χ2v) is 4.66. The number of carbonyl (C=O) groups excluding carboxylic acids is 1. The number of ether oxygens (including phenoxy) is 1. The highest BCUT2D eigenvalue weighted by Gasteiger charge is 2.29. The van der Waals surface area contributed by atoms with Crippen LogP contribution in [0.5, 0.6) is 5.75 Å². The number of aryl methyl sites for hydroxylation is 1. The molecule has 0 radical (unpaired) electrons. The predicted molar refractivity (Wildman–Crippen MR) is 74.3 cm³/mol. The van der Waals surface area contributed by atoms with Gasteiger partial charge in [-0.1, -0.05) is 13.0 Å². The van der Waals surface area contributed by atoms with Gasteiger partial charge in [0.05, 0.1) is 13.2 Å². The molecule has 1 aliphatic heterocycles. The van der Waals surface area contributed by atoms with Crippen LogP contribution in [0.2, 0.25) is 0 Å².